The van der Waals surface area contributed by atoms with Gasteiger partial charge < -0.3 is 10.1 Å². The topological polar surface area (TPSA) is 77.8 Å². The molecule has 7 heteroatoms. The monoisotopic (exact) mass is 296 g/mol. The molecule has 22 heavy (non-hydrogen) atoms. The number of hydrogen-bond acceptors (Lipinski definition) is 6. The van der Waals surface area contributed by atoms with Gasteiger partial charge in [0.05, 0.1) is 19.0 Å². The van der Waals surface area contributed by atoms with Crippen LogP contribution in [0.4, 0.5) is 5.95 Å². The van der Waals surface area contributed by atoms with Crippen LogP contribution in [0.1, 0.15) is 5.56 Å². The summed E-state index contributed by atoms with van der Waals surface area (Å²) in [5.41, 5.74) is 2.62. The number of methoxy groups -OCH3 is 1. The molecule has 0 amide bonds. The molecule has 0 spiro atoms. The highest BCUT2D eigenvalue weighted by molar-refractivity contribution is 5.63. The van der Waals surface area contributed by atoms with E-state index in [4.69, 9.17) is 4.74 Å². The van der Waals surface area contributed by atoms with Crippen molar-refractivity contribution in [2.45, 2.75) is 6.54 Å². The number of ether oxygens (including phenoxy) is 1. The number of hydrogen-bond donors (Lipinski definition) is 1. The largest absolute Gasteiger partial charge is 0.493 e. The SMILES string of the molecule is COc1cnc(NCc2cccnc2)nc1-c1ccnn1C. The van der Waals surface area contributed by atoms with E-state index in [-0.39, 0.29) is 0 Å². The number of pyridine rings is 1. The lowest BCUT2D eigenvalue weighted by Crippen LogP contribution is -2.06. The van der Waals surface area contributed by atoms with Gasteiger partial charge in [0.1, 0.15) is 5.69 Å². The molecule has 3 rings (SSSR count). The number of rotatable bonds is 5. The van der Waals surface area contributed by atoms with Crippen molar-refractivity contribution in [3.8, 4) is 17.1 Å². The molecule has 0 aromatic carbocycles. The van der Waals surface area contributed by atoms with Crippen LogP contribution in [0.3, 0.4) is 0 Å². The maximum Gasteiger partial charge on any atom is 0.223 e. The summed E-state index contributed by atoms with van der Waals surface area (Å²) in [5, 5.41) is 7.35. The highest BCUT2D eigenvalue weighted by Crippen LogP contribution is 2.27. The summed E-state index contributed by atoms with van der Waals surface area (Å²) in [4.78, 5) is 12.9. The summed E-state index contributed by atoms with van der Waals surface area (Å²) < 4.78 is 7.08. The van der Waals surface area contributed by atoms with Crippen molar-refractivity contribution in [2.24, 2.45) is 7.05 Å². The number of aromatic nitrogens is 5. The van der Waals surface area contributed by atoms with Gasteiger partial charge in [-0.2, -0.15) is 5.10 Å². The third-order valence-electron chi connectivity index (χ3n) is 3.21. The average molecular weight is 296 g/mol. The van der Waals surface area contributed by atoms with Gasteiger partial charge in [-0.25, -0.2) is 9.97 Å². The van der Waals surface area contributed by atoms with E-state index >= 15 is 0 Å². The summed E-state index contributed by atoms with van der Waals surface area (Å²) in [6.45, 7) is 0.602. The van der Waals surface area contributed by atoms with Crippen molar-refractivity contribution in [1.82, 2.24) is 24.7 Å². The van der Waals surface area contributed by atoms with Crippen LogP contribution in [0.15, 0.2) is 43.0 Å². The summed E-state index contributed by atoms with van der Waals surface area (Å²) in [6, 6.07) is 5.77. The first-order valence-corrected chi connectivity index (χ1v) is 6.80. The van der Waals surface area contributed by atoms with Crippen molar-refractivity contribution in [3.63, 3.8) is 0 Å². The van der Waals surface area contributed by atoms with Crippen molar-refractivity contribution < 1.29 is 4.74 Å². The zero-order valence-electron chi connectivity index (χ0n) is 12.4. The van der Waals surface area contributed by atoms with E-state index in [0.717, 1.165) is 11.3 Å². The molecule has 0 aliphatic rings. The molecule has 3 aromatic rings. The minimum Gasteiger partial charge on any atom is -0.493 e. The summed E-state index contributed by atoms with van der Waals surface area (Å²) in [5.74, 6) is 1.14. The van der Waals surface area contributed by atoms with Gasteiger partial charge in [0.15, 0.2) is 5.75 Å². The standard InChI is InChI=1S/C15H16N6O/c1-21-12(5-7-19-21)14-13(22-2)10-18-15(20-14)17-9-11-4-3-6-16-8-11/h3-8,10H,9H2,1-2H3,(H,17,18,20). The van der Waals surface area contributed by atoms with Crippen LogP contribution in [0.25, 0.3) is 11.4 Å². The normalized spacial score (nSPS) is 10.5. The second-order valence-corrected chi connectivity index (χ2v) is 4.67. The third-order valence-corrected chi connectivity index (χ3v) is 3.21. The van der Waals surface area contributed by atoms with E-state index in [2.05, 4.69) is 25.4 Å². The lowest BCUT2D eigenvalue weighted by molar-refractivity contribution is 0.412. The molecule has 0 fully saturated rings. The third kappa shape index (κ3) is 2.88. The van der Waals surface area contributed by atoms with E-state index in [1.54, 1.807) is 36.6 Å². The number of nitrogens with one attached hydrogen (secondary N) is 1. The van der Waals surface area contributed by atoms with E-state index in [1.165, 1.54) is 0 Å². The molecule has 7 nitrogen and oxygen atoms in total. The molecule has 0 aliphatic heterocycles. The van der Waals surface area contributed by atoms with Gasteiger partial charge in [0.2, 0.25) is 5.95 Å². The number of anilines is 1. The molecule has 0 bridgehead atoms. The van der Waals surface area contributed by atoms with Crippen molar-refractivity contribution in [1.29, 1.82) is 0 Å². The lowest BCUT2D eigenvalue weighted by atomic mass is 10.2. The van der Waals surface area contributed by atoms with Crippen LogP contribution < -0.4 is 10.1 Å². The number of aryl methyl sites for hydroxylation is 1. The van der Waals surface area contributed by atoms with Gasteiger partial charge in [0, 0.05) is 32.2 Å². The summed E-state index contributed by atoms with van der Waals surface area (Å²) in [7, 11) is 3.46. The highest BCUT2D eigenvalue weighted by Gasteiger charge is 2.13. The Labute approximate surface area is 128 Å². The quantitative estimate of drug-likeness (QED) is 0.774. The van der Waals surface area contributed by atoms with Gasteiger partial charge in [-0.05, 0) is 17.7 Å². The van der Waals surface area contributed by atoms with Gasteiger partial charge >= 0.3 is 0 Å². The molecule has 3 heterocycles. The second-order valence-electron chi connectivity index (χ2n) is 4.67. The lowest BCUT2D eigenvalue weighted by Gasteiger charge is -2.10. The molecule has 0 atom stereocenters. The first kappa shape index (κ1) is 14.0. The van der Waals surface area contributed by atoms with E-state index in [1.807, 2.05) is 25.2 Å². The molecule has 0 unspecified atom stereocenters. The highest BCUT2D eigenvalue weighted by atomic mass is 16.5. The van der Waals surface area contributed by atoms with E-state index in [0.29, 0.717) is 23.9 Å². The number of nitrogens with zero attached hydrogens (tertiary/aromatic N) is 5. The van der Waals surface area contributed by atoms with Crippen molar-refractivity contribution >= 4 is 5.95 Å². The van der Waals surface area contributed by atoms with Crippen LogP contribution >= 0.6 is 0 Å². The van der Waals surface area contributed by atoms with Crippen LogP contribution in [-0.2, 0) is 13.6 Å². The zero-order valence-corrected chi connectivity index (χ0v) is 12.4. The molecule has 0 aliphatic carbocycles. The first-order chi connectivity index (χ1) is 10.8. The fourth-order valence-corrected chi connectivity index (χ4v) is 2.08. The van der Waals surface area contributed by atoms with E-state index in [9.17, 15) is 0 Å². The Morgan fingerprint density at radius 3 is 2.82 bits per heavy atom. The molecule has 112 valence electrons. The Kier molecular flexibility index (Phi) is 3.95. The minimum atomic E-state index is 0.529. The minimum absolute atomic E-state index is 0.529. The van der Waals surface area contributed by atoms with Crippen molar-refractivity contribution in [3.05, 3.63) is 48.5 Å². The molecule has 0 saturated carbocycles. The smallest absolute Gasteiger partial charge is 0.223 e. The fraction of sp³-hybridized carbons (Fsp3) is 0.200. The Hall–Kier alpha value is -2.96. The fourth-order valence-electron chi connectivity index (χ4n) is 2.08. The molecular weight excluding hydrogens is 280 g/mol. The van der Waals surface area contributed by atoms with Gasteiger partial charge in [0.25, 0.3) is 0 Å². The Morgan fingerprint density at radius 1 is 1.23 bits per heavy atom. The van der Waals surface area contributed by atoms with Gasteiger partial charge in [-0.15, -0.1) is 0 Å². The van der Waals surface area contributed by atoms with Crippen LogP contribution in [0.2, 0.25) is 0 Å². The van der Waals surface area contributed by atoms with Crippen molar-refractivity contribution in [2.75, 3.05) is 12.4 Å². The predicted octanol–water partition coefficient (Wildman–Crippen LogP) is 1.89. The first-order valence-electron chi connectivity index (χ1n) is 6.80. The molecule has 1 N–H and O–H groups in total. The van der Waals surface area contributed by atoms with Crippen LogP contribution in [-0.4, -0.2) is 31.8 Å². The maximum atomic E-state index is 5.34. The van der Waals surface area contributed by atoms with Gasteiger partial charge in [-0.1, -0.05) is 6.07 Å². The maximum absolute atomic E-state index is 5.34. The molecule has 3 aromatic heterocycles. The van der Waals surface area contributed by atoms with Gasteiger partial charge in [-0.3, -0.25) is 9.67 Å². The Balaban J connectivity index is 1.86. The second kappa shape index (κ2) is 6.21. The predicted molar refractivity (Wildman–Crippen MR) is 82.3 cm³/mol. The molecular formula is C15H16N6O. The zero-order chi connectivity index (χ0) is 15.4. The Bertz CT molecular complexity index is 756. The average Bonchev–Trinajstić information content (AvgIpc) is 2.99. The summed E-state index contributed by atoms with van der Waals surface area (Å²) >= 11 is 0. The van der Waals surface area contributed by atoms with Crippen LogP contribution in [0.5, 0.6) is 5.75 Å². The summed E-state index contributed by atoms with van der Waals surface area (Å²) in [6.07, 6.45) is 6.92. The molecule has 0 radical (unpaired) electrons. The Morgan fingerprint density at radius 2 is 2.14 bits per heavy atom. The molecule has 0 saturated heterocycles. The van der Waals surface area contributed by atoms with E-state index < -0.39 is 0 Å². The van der Waals surface area contributed by atoms with Crippen LogP contribution in [0, 0.1) is 0 Å².